The van der Waals surface area contributed by atoms with Gasteiger partial charge in [0.25, 0.3) is 0 Å². The molecule has 0 atom stereocenters. The molecule has 0 bridgehead atoms. The number of piperidine rings is 1. The number of nitrogens with zero attached hydrogens (tertiary/aromatic N) is 4. The SMILES string of the molecule is COc1cc(OC)nc(CN2CCC(c3ccc4[nH]c(-c5cc(C)ncc5C)c(C(C)C)c4c3)CC2)n1. The molecule has 0 radical (unpaired) electrons. The molecule has 0 saturated carbocycles. The highest BCUT2D eigenvalue weighted by Gasteiger charge is 2.24. The molecule has 0 amide bonds. The maximum atomic E-state index is 5.31. The summed E-state index contributed by atoms with van der Waals surface area (Å²) in [6.45, 7) is 11.5. The van der Waals surface area contributed by atoms with E-state index in [1.807, 2.05) is 6.20 Å². The number of hydrogen-bond acceptors (Lipinski definition) is 6. The number of fused-ring (bicyclic) bond motifs is 1. The Labute approximate surface area is 219 Å². The summed E-state index contributed by atoms with van der Waals surface area (Å²) in [5.74, 6) is 2.76. The van der Waals surface area contributed by atoms with Crippen molar-refractivity contribution in [2.24, 2.45) is 0 Å². The standard InChI is InChI=1S/C30H37N5O2/c1-18(2)29-24-14-22(7-8-25(24)32-30(29)23-13-20(4)31-16-19(23)3)21-9-11-35(12-10-21)17-26-33-27(36-5)15-28(34-26)37-6/h7-8,13-16,18,21,32H,9-12,17H2,1-6H3. The number of methoxy groups -OCH3 is 2. The molecule has 194 valence electrons. The lowest BCUT2D eigenvalue weighted by Crippen LogP contribution is -2.33. The quantitative estimate of drug-likeness (QED) is 0.328. The third kappa shape index (κ3) is 5.18. The van der Waals surface area contributed by atoms with E-state index in [-0.39, 0.29) is 0 Å². The highest BCUT2D eigenvalue weighted by atomic mass is 16.5. The number of benzene rings is 1. The van der Waals surface area contributed by atoms with Gasteiger partial charge in [-0.25, -0.2) is 0 Å². The maximum Gasteiger partial charge on any atom is 0.220 e. The molecule has 0 unspecified atom stereocenters. The number of likely N-dealkylation sites (tertiary alicyclic amines) is 1. The molecule has 4 aromatic rings. The minimum atomic E-state index is 0.411. The summed E-state index contributed by atoms with van der Waals surface area (Å²) in [4.78, 5) is 19.7. The van der Waals surface area contributed by atoms with Crippen LogP contribution in [0.25, 0.3) is 22.2 Å². The molecule has 1 fully saturated rings. The second-order valence-corrected chi connectivity index (χ2v) is 10.4. The van der Waals surface area contributed by atoms with Crippen LogP contribution in [0.1, 0.15) is 66.7 Å². The Bertz CT molecular complexity index is 1380. The first-order valence-corrected chi connectivity index (χ1v) is 13.1. The van der Waals surface area contributed by atoms with E-state index in [0.717, 1.165) is 37.4 Å². The predicted octanol–water partition coefficient (Wildman–Crippen LogP) is 6.16. The lowest BCUT2D eigenvalue weighted by Gasteiger charge is -2.31. The van der Waals surface area contributed by atoms with Gasteiger partial charge >= 0.3 is 0 Å². The highest BCUT2D eigenvalue weighted by Crippen LogP contribution is 2.39. The Hall–Kier alpha value is -3.45. The van der Waals surface area contributed by atoms with Gasteiger partial charge < -0.3 is 14.5 Å². The molecule has 0 spiro atoms. The van der Waals surface area contributed by atoms with Gasteiger partial charge in [-0.05, 0) is 86.5 Å². The number of ether oxygens (including phenoxy) is 2. The summed E-state index contributed by atoms with van der Waals surface area (Å²) in [5, 5.41) is 1.34. The van der Waals surface area contributed by atoms with Crippen molar-refractivity contribution < 1.29 is 9.47 Å². The minimum Gasteiger partial charge on any atom is -0.481 e. The number of pyridine rings is 1. The third-order valence-corrected chi connectivity index (χ3v) is 7.52. The van der Waals surface area contributed by atoms with Crippen molar-refractivity contribution in [3.8, 4) is 23.0 Å². The molecule has 1 aliphatic heterocycles. The average molecular weight is 500 g/mol. The Morgan fingerprint density at radius 1 is 1.00 bits per heavy atom. The van der Waals surface area contributed by atoms with Crippen LogP contribution in [0.5, 0.6) is 11.8 Å². The lowest BCUT2D eigenvalue weighted by atomic mass is 9.87. The number of aromatic nitrogens is 4. The zero-order valence-corrected chi connectivity index (χ0v) is 22.8. The molecule has 37 heavy (non-hydrogen) atoms. The third-order valence-electron chi connectivity index (χ3n) is 7.52. The molecule has 5 rings (SSSR count). The monoisotopic (exact) mass is 499 g/mol. The zero-order chi connectivity index (χ0) is 26.1. The summed E-state index contributed by atoms with van der Waals surface area (Å²) < 4.78 is 10.6. The normalized spacial score (nSPS) is 15.0. The summed E-state index contributed by atoms with van der Waals surface area (Å²) in [6.07, 6.45) is 4.21. The van der Waals surface area contributed by atoms with Crippen molar-refractivity contribution in [2.75, 3.05) is 27.3 Å². The van der Waals surface area contributed by atoms with E-state index in [4.69, 9.17) is 9.47 Å². The van der Waals surface area contributed by atoms with E-state index in [0.29, 0.717) is 30.1 Å². The molecule has 1 aromatic carbocycles. The second kappa shape index (κ2) is 10.5. The lowest BCUT2D eigenvalue weighted by molar-refractivity contribution is 0.198. The number of nitrogens with one attached hydrogen (secondary N) is 1. The molecule has 4 heterocycles. The summed E-state index contributed by atoms with van der Waals surface area (Å²) in [6, 6.07) is 10.9. The van der Waals surface area contributed by atoms with Crippen molar-refractivity contribution in [1.82, 2.24) is 24.8 Å². The van der Waals surface area contributed by atoms with Gasteiger partial charge in [-0.15, -0.1) is 0 Å². The second-order valence-electron chi connectivity index (χ2n) is 10.4. The van der Waals surface area contributed by atoms with Gasteiger partial charge in [0, 0.05) is 28.4 Å². The zero-order valence-electron chi connectivity index (χ0n) is 22.8. The van der Waals surface area contributed by atoms with Crippen molar-refractivity contribution in [2.45, 2.75) is 58.9 Å². The fraction of sp³-hybridized carbons (Fsp3) is 0.433. The van der Waals surface area contributed by atoms with Crippen LogP contribution < -0.4 is 9.47 Å². The Balaban J connectivity index is 1.36. The fourth-order valence-corrected chi connectivity index (χ4v) is 5.55. The van der Waals surface area contributed by atoms with Crippen molar-refractivity contribution in [3.63, 3.8) is 0 Å². The molecule has 1 aliphatic rings. The Morgan fingerprint density at radius 3 is 2.35 bits per heavy atom. The molecule has 0 aliphatic carbocycles. The molecular weight excluding hydrogens is 462 g/mol. The van der Waals surface area contributed by atoms with E-state index in [2.05, 4.69) is 76.8 Å². The molecular formula is C30H37N5O2. The number of rotatable bonds is 7. The maximum absolute atomic E-state index is 5.31. The fourth-order valence-electron chi connectivity index (χ4n) is 5.55. The van der Waals surface area contributed by atoms with Crippen LogP contribution in [0.4, 0.5) is 0 Å². The van der Waals surface area contributed by atoms with Gasteiger partial charge in [0.2, 0.25) is 11.8 Å². The van der Waals surface area contributed by atoms with Gasteiger partial charge in [0.15, 0.2) is 0 Å². The molecule has 1 N–H and O–H groups in total. The highest BCUT2D eigenvalue weighted by molar-refractivity contribution is 5.92. The van der Waals surface area contributed by atoms with Gasteiger partial charge in [-0.3, -0.25) is 9.88 Å². The van der Waals surface area contributed by atoms with Gasteiger partial charge in [-0.1, -0.05) is 19.9 Å². The number of H-pyrrole nitrogens is 1. The molecule has 7 heteroatoms. The smallest absolute Gasteiger partial charge is 0.220 e. The van der Waals surface area contributed by atoms with E-state index >= 15 is 0 Å². The number of aromatic amines is 1. The van der Waals surface area contributed by atoms with Crippen LogP contribution >= 0.6 is 0 Å². The summed E-state index contributed by atoms with van der Waals surface area (Å²) in [5.41, 5.74) is 8.75. The van der Waals surface area contributed by atoms with Crippen molar-refractivity contribution in [3.05, 3.63) is 64.7 Å². The molecule has 7 nitrogen and oxygen atoms in total. The van der Waals surface area contributed by atoms with E-state index in [1.54, 1.807) is 20.3 Å². The summed E-state index contributed by atoms with van der Waals surface area (Å²) >= 11 is 0. The minimum absolute atomic E-state index is 0.411. The van der Waals surface area contributed by atoms with Crippen LogP contribution in [-0.4, -0.2) is 52.1 Å². The molecule has 1 saturated heterocycles. The largest absolute Gasteiger partial charge is 0.481 e. The topological polar surface area (TPSA) is 76.2 Å². The van der Waals surface area contributed by atoms with E-state index in [9.17, 15) is 0 Å². The first-order valence-electron chi connectivity index (χ1n) is 13.1. The number of hydrogen-bond donors (Lipinski definition) is 1. The van der Waals surface area contributed by atoms with E-state index in [1.165, 1.54) is 38.9 Å². The van der Waals surface area contributed by atoms with Crippen LogP contribution in [0.2, 0.25) is 0 Å². The number of aryl methyl sites for hydroxylation is 2. The molecule has 3 aromatic heterocycles. The van der Waals surface area contributed by atoms with Crippen LogP contribution in [-0.2, 0) is 6.54 Å². The van der Waals surface area contributed by atoms with Crippen LogP contribution in [0.3, 0.4) is 0 Å². The van der Waals surface area contributed by atoms with Gasteiger partial charge in [0.05, 0.1) is 32.5 Å². The summed E-state index contributed by atoms with van der Waals surface area (Å²) in [7, 11) is 3.23. The van der Waals surface area contributed by atoms with Gasteiger partial charge in [-0.2, -0.15) is 9.97 Å². The first kappa shape index (κ1) is 25.2. The van der Waals surface area contributed by atoms with E-state index < -0.39 is 0 Å². The van der Waals surface area contributed by atoms with Crippen molar-refractivity contribution >= 4 is 10.9 Å². The van der Waals surface area contributed by atoms with Crippen LogP contribution in [0, 0.1) is 13.8 Å². The van der Waals surface area contributed by atoms with Gasteiger partial charge in [0.1, 0.15) is 5.82 Å². The predicted molar refractivity (Wildman–Crippen MR) is 147 cm³/mol. The average Bonchev–Trinajstić information content (AvgIpc) is 3.29. The van der Waals surface area contributed by atoms with Crippen molar-refractivity contribution in [1.29, 1.82) is 0 Å². The van der Waals surface area contributed by atoms with Crippen LogP contribution in [0.15, 0.2) is 36.5 Å². The first-order chi connectivity index (χ1) is 17.9. The Kier molecular flexibility index (Phi) is 7.15. The Morgan fingerprint density at radius 2 is 1.70 bits per heavy atom.